The van der Waals surface area contributed by atoms with Crippen LogP contribution in [0.1, 0.15) is 46.5 Å². The summed E-state index contributed by atoms with van der Waals surface area (Å²) >= 11 is 0. The zero-order chi connectivity index (χ0) is 22.1. The number of ether oxygens (including phenoxy) is 2. The van der Waals surface area contributed by atoms with Crippen molar-refractivity contribution in [3.63, 3.8) is 0 Å². The summed E-state index contributed by atoms with van der Waals surface area (Å²) in [6.45, 7) is 6.75. The smallest absolute Gasteiger partial charge is 0.410 e. The highest BCUT2D eigenvalue weighted by molar-refractivity contribution is 5.90. The number of carbonyl (C=O) groups is 4. The highest BCUT2D eigenvalue weighted by atomic mass is 16.6. The summed E-state index contributed by atoms with van der Waals surface area (Å²) in [5, 5.41) is 5.37. The van der Waals surface area contributed by atoms with Gasteiger partial charge in [0.2, 0.25) is 5.91 Å². The van der Waals surface area contributed by atoms with Crippen LogP contribution in [0.4, 0.5) is 9.59 Å². The molecule has 30 heavy (non-hydrogen) atoms. The Hall–Kier alpha value is -2.52. The van der Waals surface area contributed by atoms with E-state index in [-0.39, 0.29) is 18.0 Å². The Morgan fingerprint density at radius 2 is 2.00 bits per heavy atom. The maximum atomic E-state index is 13.2. The second kappa shape index (κ2) is 8.31. The normalized spacial score (nSPS) is 23.6. The molecule has 10 nitrogen and oxygen atoms in total. The maximum absolute atomic E-state index is 13.2. The largest absolute Gasteiger partial charge is 0.467 e. The van der Waals surface area contributed by atoms with Gasteiger partial charge in [-0.1, -0.05) is 6.42 Å². The molecule has 1 aliphatic carbocycles. The lowest BCUT2D eigenvalue weighted by atomic mass is 9.67. The summed E-state index contributed by atoms with van der Waals surface area (Å²) < 4.78 is 10.3. The number of amides is 4. The second-order valence-corrected chi connectivity index (χ2v) is 9.44. The molecule has 3 rings (SSSR count). The minimum Gasteiger partial charge on any atom is -0.467 e. The fraction of sp³-hybridized carbons (Fsp3) is 0.800. The number of methoxy groups -OCH3 is 1. The van der Waals surface area contributed by atoms with Crippen molar-refractivity contribution in [1.82, 2.24) is 20.4 Å². The van der Waals surface area contributed by atoms with Crippen LogP contribution in [0.15, 0.2) is 0 Å². The second-order valence-electron chi connectivity index (χ2n) is 9.44. The first-order valence-corrected chi connectivity index (χ1v) is 10.4. The van der Waals surface area contributed by atoms with Gasteiger partial charge in [-0.05, 0) is 45.4 Å². The number of rotatable bonds is 5. The van der Waals surface area contributed by atoms with E-state index in [1.165, 1.54) is 16.9 Å². The summed E-state index contributed by atoms with van der Waals surface area (Å²) in [6.07, 6.45) is 3.01. The van der Waals surface area contributed by atoms with E-state index < -0.39 is 35.7 Å². The monoisotopic (exact) mass is 424 g/mol. The Morgan fingerprint density at radius 3 is 2.50 bits per heavy atom. The van der Waals surface area contributed by atoms with Gasteiger partial charge in [-0.3, -0.25) is 9.69 Å². The van der Waals surface area contributed by atoms with E-state index in [0.29, 0.717) is 26.1 Å². The predicted molar refractivity (Wildman–Crippen MR) is 107 cm³/mol. The van der Waals surface area contributed by atoms with E-state index in [4.69, 9.17) is 9.47 Å². The lowest BCUT2D eigenvalue weighted by Gasteiger charge is -2.37. The van der Waals surface area contributed by atoms with E-state index in [0.717, 1.165) is 19.3 Å². The summed E-state index contributed by atoms with van der Waals surface area (Å²) in [6, 6.07) is -2.02. The lowest BCUT2D eigenvalue weighted by Crippen LogP contribution is -2.55. The molecule has 1 spiro atoms. The summed E-state index contributed by atoms with van der Waals surface area (Å²) in [4.78, 5) is 53.0. The van der Waals surface area contributed by atoms with E-state index >= 15 is 0 Å². The molecule has 0 aromatic rings. The Bertz CT molecular complexity index is 715. The van der Waals surface area contributed by atoms with Gasteiger partial charge < -0.3 is 25.0 Å². The molecule has 3 fully saturated rings. The van der Waals surface area contributed by atoms with E-state index in [1.807, 2.05) is 0 Å². The molecular weight excluding hydrogens is 392 g/mol. The lowest BCUT2D eigenvalue weighted by molar-refractivity contribution is -0.145. The third-order valence-corrected chi connectivity index (χ3v) is 6.00. The van der Waals surface area contributed by atoms with Crippen LogP contribution >= 0.6 is 0 Å². The minimum atomic E-state index is -1.01. The highest BCUT2D eigenvalue weighted by Gasteiger charge is 2.52. The molecule has 168 valence electrons. The van der Waals surface area contributed by atoms with Crippen molar-refractivity contribution in [2.45, 2.75) is 64.1 Å². The average Bonchev–Trinajstić information content (AvgIpc) is 3.23. The zero-order valence-corrected chi connectivity index (χ0v) is 18.2. The van der Waals surface area contributed by atoms with Crippen molar-refractivity contribution < 1.29 is 28.7 Å². The van der Waals surface area contributed by atoms with Gasteiger partial charge in [0.05, 0.1) is 13.7 Å². The third kappa shape index (κ3) is 4.79. The van der Waals surface area contributed by atoms with Crippen LogP contribution in [-0.4, -0.2) is 84.8 Å². The molecule has 2 aliphatic heterocycles. The number of esters is 1. The van der Waals surface area contributed by atoms with Gasteiger partial charge in [-0.2, -0.15) is 0 Å². The zero-order valence-electron chi connectivity index (χ0n) is 18.2. The molecule has 0 radical (unpaired) electrons. The van der Waals surface area contributed by atoms with Crippen LogP contribution in [0.2, 0.25) is 0 Å². The topological polar surface area (TPSA) is 117 Å². The first-order chi connectivity index (χ1) is 14.0. The summed E-state index contributed by atoms with van der Waals surface area (Å²) in [5.41, 5.74) is -0.736. The molecule has 1 saturated carbocycles. The van der Waals surface area contributed by atoms with Gasteiger partial charge in [-0.25, -0.2) is 14.4 Å². The number of likely N-dealkylation sites (tertiary alicyclic amines) is 1. The van der Waals surface area contributed by atoms with E-state index in [9.17, 15) is 19.2 Å². The van der Waals surface area contributed by atoms with Gasteiger partial charge in [0.15, 0.2) is 0 Å². The standard InChI is InChI=1S/C20H32N4O6/c1-19(2,3)30-18(28)24-12-20(6-5-7-20)10-14(24)15(25)22-13(16(26)29-4)11-23-9-8-21-17(23)27/h13-14H,5-12H2,1-4H3,(H,21,27)(H,22,25)/t13-,14-/m0/s1. The molecule has 2 saturated heterocycles. The number of urea groups is 1. The van der Waals surface area contributed by atoms with Crippen LogP contribution in [0.5, 0.6) is 0 Å². The minimum absolute atomic E-state index is 0.00848. The van der Waals surface area contributed by atoms with Gasteiger partial charge in [0, 0.05) is 19.6 Å². The van der Waals surface area contributed by atoms with Crippen molar-refractivity contribution in [3.05, 3.63) is 0 Å². The van der Waals surface area contributed by atoms with Crippen molar-refractivity contribution in [2.24, 2.45) is 5.41 Å². The number of hydrogen-bond donors (Lipinski definition) is 2. The van der Waals surface area contributed by atoms with Crippen molar-refractivity contribution in [2.75, 3.05) is 33.3 Å². The molecule has 2 N–H and O–H groups in total. The quantitative estimate of drug-likeness (QED) is 0.632. The van der Waals surface area contributed by atoms with Gasteiger partial charge >= 0.3 is 18.1 Å². The van der Waals surface area contributed by atoms with Gasteiger partial charge in [0.1, 0.15) is 17.7 Å². The fourth-order valence-corrected chi connectivity index (χ4v) is 4.34. The predicted octanol–water partition coefficient (Wildman–Crippen LogP) is 0.849. The average molecular weight is 424 g/mol. The molecule has 0 aromatic heterocycles. The van der Waals surface area contributed by atoms with Crippen LogP contribution in [-0.2, 0) is 19.1 Å². The highest BCUT2D eigenvalue weighted by Crippen LogP contribution is 2.50. The SMILES string of the molecule is COC(=O)[C@H](CN1CCNC1=O)NC(=O)[C@@H]1CC2(CCC2)CN1C(=O)OC(C)(C)C. The Balaban J connectivity index is 1.72. The van der Waals surface area contributed by atoms with E-state index in [1.54, 1.807) is 20.8 Å². The molecular formula is C20H32N4O6. The summed E-state index contributed by atoms with van der Waals surface area (Å²) in [5.74, 6) is -1.07. The fourth-order valence-electron chi connectivity index (χ4n) is 4.34. The first kappa shape index (κ1) is 22.2. The van der Waals surface area contributed by atoms with Gasteiger partial charge in [-0.15, -0.1) is 0 Å². The number of nitrogens with one attached hydrogen (secondary N) is 2. The number of nitrogens with zero attached hydrogens (tertiary/aromatic N) is 2. The third-order valence-electron chi connectivity index (χ3n) is 6.00. The number of hydrogen-bond acceptors (Lipinski definition) is 6. The van der Waals surface area contributed by atoms with Crippen molar-refractivity contribution >= 4 is 24.0 Å². The molecule has 0 aromatic carbocycles. The van der Waals surface area contributed by atoms with Crippen LogP contribution in [0.3, 0.4) is 0 Å². The summed E-state index contributed by atoms with van der Waals surface area (Å²) in [7, 11) is 1.23. The van der Waals surface area contributed by atoms with Crippen LogP contribution < -0.4 is 10.6 Å². The molecule has 4 amide bonds. The van der Waals surface area contributed by atoms with Crippen LogP contribution in [0, 0.1) is 5.41 Å². The van der Waals surface area contributed by atoms with Crippen molar-refractivity contribution in [3.8, 4) is 0 Å². The van der Waals surface area contributed by atoms with Crippen molar-refractivity contribution in [1.29, 1.82) is 0 Å². The van der Waals surface area contributed by atoms with Crippen LogP contribution in [0.25, 0.3) is 0 Å². The Labute approximate surface area is 176 Å². The molecule has 0 bridgehead atoms. The Kier molecular flexibility index (Phi) is 6.14. The van der Waals surface area contributed by atoms with E-state index in [2.05, 4.69) is 10.6 Å². The molecule has 2 atom stereocenters. The first-order valence-electron chi connectivity index (χ1n) is 10.4. The van der Waals surface area contributed by atoms with Gasteiger partial charge in [0.25, 0.3) is 0 Å². The molecule has 0 unspecified atom stereocenters. The number of carbonyl (C=O) groups excluding carboxylic acids is 4. The molecule has 2 heterocycles. The maximum Gasteiger partial charge on any atom is 0.410 e. The molecule has 10 heteroatoms. The Morgan fingerprint density at radius 1 is 1.30 bits per heavy atom. The molecule has 3 aliphatic rings.